The number of aromatic nitrogens is 1. The third-order valence-corrected chi connectivity index (χ3v) is 4.71. The number of anilines is 2. The number of amides is 2. The summed E-state index contributed by atoms with van der Waals surface area (Å²) in [6, 6.07) is 15.7. The summed E-state index contributed by atoms with van der Waals surface area (Å²) in [7, 11) is 0. The molecule has 0 spiro atoms. The first-order valence-electron chi connectivity index (χ1n) is 9.13. The van der Waals surface area contributed by atoms with Crippen molar-refractivity contribution in [2.75, 3.05) is 10.6 Å². The number of halogens is 3. The van der Waals surface area contributed by atoms with Gasteiger partial charge >= 0.3 is 6.03 Å². The van der Waals surface area contributed by atoms with Crippen molar-refractivity contribution in [1.29, 1.82) is 0 Å². The highest BCUT2D eigenvalue weighted by Gasteiger charge is 2.20. The van der Waals surface area contributed by atoms with Gasteiger partial charge in [0, 0.05) is 39.6 Å². The highest BCUT2D eigenvalue weighted by atomic mass is 35.5. The van der Waals surface area contributed by atoms with E-state index in [0.717, 1.165) is 12.1 Å². The molecule has 0 unspecified atom stereocenters. The molecule has 4 aromatic rings. The van der Waals surface area contributed by atoms with Crippen molar-refractivity contribution in [2.45, 2.75) is 0 Å². The molecule has 0 radical (unpaired) electrons. The highest BCUT2D eigenvalue weighted by Crippen LogP contribution is 2.24. The molecule has 3 aromatic carbocycles. The lowest BCUT2D eigenvalue weighted by Crippen LogP contribution is -2.20. The van der Waals surface area contributed by atoms with E-state index in [0.29, 0.717) is 21.6 Å². The van der Waals surface area contributed by atoms with Crippen LogP contribution in [0.3, 0.4) is 0 Å². The van der Waals surface area contributed by atoms with E-state index < -0.39 is 29.0 Å². The van der Waals surface area contributed by atoms with Gasteiger partial charge in [-0.25, -0.2) is 13.6 Å². The van der Waals surface area contributed by atoms with Crippen LogP contribution in [0.25, 0.3) is 10.9 Å². The molecular formula is C23H14ClF2N3O2. The Kier molecular flexibility index (Phi) is 5.60. The monoisotopic (exact) mass is 437 g/mol. The van der Waals surface area contributed by atoms with E-state index in [9.17, 15) is 18.4 Å². The Bertz CT molecular complexity index is 1330. The maximum absolute atomic E-state index is 14.4. The van der Waals surface area contributed by atoms with Crippen molar-refractivity contribution < 1.29 is 18.4 Å². The van der Waals surface area contributed by atoms with Crippen LogP contribution in [0.4, 0.5) is 25.0 Å². The first kappa shape index (κ1) is 20.4. The van der Waals surface area contributed by atoms with Crippen molar-refractivity contribution in [3.8, 4) is 0 Å². The topological polar surface area (TPSA) is 71.1 Å². The largest absolute Gasteiger partial charge is 0.323 e. The van der Waals surface area contributed by atoms with Crippen LogP contribution in [0.5, 0.6) is 0 Å². The Morgan fingerprint density at radius 2 is 1.68 bits per heavy atom. The van der Waals surface area contributed by atoms with E-state index in [2.05, 4.69) is 15.6 Å². The number of hydrogen-bond donors (Lipinski definition) is 2. The second kappa shape index (κ2) is 8.49. The molecule has 31 heavy (non-hydrogen) atoms. The van der Waals surface area contributed by atoms with E-state index >= 15 is 0 Å². The number of carbonyl (C=O) groups is 2. The average molecular weight is 438 g/mol. The van der Waals surface area contributed by atoms with Crippen LogP contribution in [0.2, 0.25) is 5.02 Å². The van der Waals surface area contributed by atoms with E-state index in [4.69, 9.17) is 11.6 Å². The van der Waals surface area contributed by atoms with Crippen molar-refractivity contribution in [2.24, 2.45) is 0 Å². The van der Waals surface area contributed by atoms with Gasteiger partial charge in [-0.3, -0.25) is 9.78 Å². The molecule has 8 heteroatoms. The second-order valence-corrected chi connectivity index (χ2v) is 7.09. The Hall–Kier alpha value is -3.84. The van der Waals surface area contributed by atoms with Crippen LogP contribution >= 0.6 is 11.6 Å². The minimum Gasteiger partial charge on any atom is -0.308 e. The smallest absolute Gasteiger partial charge is 0.308 e. The summed E-state index contributed by atoms with van der Waals surface area (Å²) in [6.45, 7) is 0. The molecular weight excluding hydrogens is 424 g/mol. The molecule has 0 bridgehead atoms. The van der Waals surface area contributed by atoms with Crippen LogP contribution in [0.1, 0.15) is 15.9 Å². The maximum Gasteiger partial charge on any atom is 0.323 e. The fraction of sp³-hybridized carbons (Fsp3) is 0. The summed E-state index contributed by atoms with van der Waals surface area (Å²) in [4.78, 5) is 29.2. The van der Waals surface area contributed by atoms with E-state index in [1.54, 1.807) is 48.7 Å². The van der Waals surface area contributed by atoms with E-state index in [-0.39, 0.29) is 11.3 Å². The summed E-state index contributed by atoms with van der Waals surface area (Å²) < 4.78 is 28.6. The number of pyridine rings is 1. The van der Waals surface area contributed by atoms with Crippen molar-refractivity contribution in [3.05, 3.63) is 101 Å². The Morgan fingerprint density at radius 1 is 0.871 bits per heavy atom. The standard InChI is InChI=1S/C23H14ClF2N3O2/c24-15-4-1-5-16(10-15)28-23(31)29-17-11-18(21(26)19(25)12-17)22(30)14-6-7-20-13(9-14)3-2-8-27-20/h1-12H,(H2,28,29,31). The van der Waals surface area contributed by atoms with Gasteiger partial charge in [-0.1, -0.05) is 23.7 Å². The SMILES string of the molecule is O=C(Nc1cccc(Cl)c1)Nc1cc(F)c(F)c(C(=O)c2ccc3ncccc3c2)c1. The summed E-state index contributed by atoms with van der Waals surface area (Å²) in [5.74, 6) is -3.27. The molecule has 0 saturated carbocycles. The molecule has 2 N–H and O–H groups in total. The van der Waals surface area contributed by atoms with Gasteiger partial charge in [0.2, 0.25) is 0 Å². The number of urea groups is 1. The van der Waals surface area contributed by atoms with Crippen molar-refractivity contribution in [3.63, 3.8) is 0 Å². The summed E-state index contributed by atoms with van der Waals surface area (Å²) >= 11 is 5.87. The predicted molar refractivity (Wildman–Crippen MR) is 116 cm³/mol. The van der Waals surface area contributed by atoms with Gasteiger partial charge in [-0.15, -0.1) is 0 Å². The first-order chi connectivity index (χ1) is 14.9. The molecule has 154 valence electrons. The first-order valence-corrected chi connectivity index (χ1v) is 9.50. The number of hydrogen-bond acceptors (Lipinski definition) is 3. The molecule has 0 atom stereocenters. The zero-order chi connectivity index (χ0) is 22.0. The third kappa shape index (κ3) is 4.51. The van der Waals surface area contributed by atoms with Crippen LogP contribution in [-0.4, -0.2) is 16.8 Å². The number of fused-ring (bicyclic) bond motifs is 1. The van der Waals surface area contributed by atoms with E-state index in [1.165, 1.54) is 12.1 Å². The number of ketones is 1. The van der Waals surface area contributed by atoms with Crippen molar-refractivity contribution >= 4 is 45.7 Å². The summed E-state index contributed by atoms with van der Waals surface area (Å²) in [5, 5.41) is 6.02. The quantitative estimate of drug-likeness (QED) is 0.382. The van der Waals surface area contributed by atoms with Gasteiger partial charge in [0.25, 0.3) is 0 Å². The molecule has 0 aliphatic rings. The summed E-state index contributed by atoms with van der Waals surface area (Å²) in [6.07, 6.45) is 1.61. The lowest BCUT2D eigenvalue weighted by Gasteiger charge is -2.11. The molecule has 2 amide bonds. The molecule has 0 fully saturated rings. The number of nitrogens with zero attached hydrogens (tertiary/aromatic N) is 1. The van der Waals surface area contributed by atoms with E-state index in [1.807, 2.05) is 0 Å². The van der Waals surface area contributed by atoms with Crippen LogP contribution in [0.15, 0.2) is 72.9 Å². The Labute approximate surface area is 180 Å². The lowest BCUT2D eigenvalue weighted by atomic mass is 10.0. The molecule has 0 aliphatic heterocycles. The number of rotatable bonds is 4. The summed E-state index contributed by atoms with van der Waals surface area (Å²) in [5.41, 5.74) is 0.664. The normalized spacial score (nSPS) is 10.7. The highest BCUT2D eigenvalue weighted by molar-refractivity contribution is 6.30. The molecule has 0 saturated heterocycles. The molecule has 4 rings (SSSR count). The zero-order valence-corrected chi connectivity index (χ0v) is 16.6. The van der Waals surface area contributed by atoms with Crippen LogP contribution in [-0.2, 0) is 0 Å². The Balaban J connectivity index is 1.61. The number of benzene rings is 3. The lowest BCUT2D eigenvalue weighted by molar-refractivity contribution is 0.103. The third-order valence-electron chi connectivity index (χ3n) is 4.48. The average Bonchev–Trinajstić information content (AvgIpc) is 2.75. The fourth-order valence-electron chi connectivity index (χ4n) is 3.06. The van der Waals surface area contributed by atoms with Gasteiger partial charge in [-0.05, 0) is 48.5 Å². The number of carbonyl (C=O) groups excluding carboxylic acids is 2. The molecule has 1 heterocycles. The molecule has 0 aliphatic carbocycles. The van der Waals surface area contributed by atoms with Gasteiger partial charge in [0.05, 0.1) is 11.1 Å². The zero-order valence-electron chi connectivity index (χ0n) is 15.8. The van der Waals surface area contributed by atoms with Gasteiger partial charge in [0.1, 0.15) is 0 Å². The van der Waals surface area contributed by atoms with Gasteiger partial charge in [-0.2, -0.15) is 0 Å². The minimum absolute atomic E-state index is 0.0794. The predicted octanol–water partition coefficient (Wildman–Crippen LogP) is 6.04. The van der Waals surface area contributed by atoms with Crippen LogP contribution < -0.4 is 10.6 Å². The Morgan fingerprint density at radius 3 is 2.48 bits per heavy atom. The fourth-order valence-corrected chi connectivity index (χ4v) is 3.25. The minimum atomic E-state index is -1.29. The maximum atomic E-state index is 14.4. The van der Waals surface area contributed by atoms with Gasteiger partial charge < -0.3 is 10.6 Å². The molecule has 5 nitrogen and oxygen atoms in total. The number of nitrogens with one attached hydrogen (secondary N) is 2. The second-order valence-electron chi connectivity index (χ2n) is 6.65. The van der Waals surface area contributed by atoms with Gasteiger partial charge in [0.15, 0.2) is 17.4 Å². The molecule has 1 aromatic heterocycles. The van der Waals surface area contributed by atoms with Crippen molar-refractivity contribution in [1.82, 2.24) is 4.98 Å². The van der Waals surface area contributed by atoms with Crippen LogP contribution in [0, 0.1) is 11.6 Å².